The normalized spacial score (nSPS) is 9.60. The summed E-state index contributed by atoms with van der Waals surface area (Å²) >= 11 is 0. The van der Waals surface area contributed by atoms with Crippen LogP contribution in [0.5, 0.6) is 0 Å². The molecule has 80 valence electrons. The summed E-state index contributed by atoms with van der Waals surface area (Å²) in [5.41, 5.74) is 2.00. The van der Waals surface area contributed by atoms with E-state index in [1.165, 1.54) is 0 Å². The van der Waals surface area contributed by atoms with Gasteiger partial charge < -0.3 is 5.32 Å². The van der Waals surface area contributed by atoms with Gasteiger partial charge in [0.05, 0.1) is 0 Å². The number of allylic oxidation sites excluding steroid dienone is 3. The Morgan fingerprint density at radius 3 is 2.20 bits per heavy atom. The van der Waals surface area contributed by atoms with Crippen LogP contribution in [0.15, 0.2) is 67.4 Å². The number of para-hydroxylation sites is 1. The van der Waals surface area contributed by atoms with Gasteiger partial charge in [-0.3, -0.25) is 0 Å². The third kappa shape index (κ3) is 5.53. The van der Waals surface area contributed by atoms with Crippen molar-refractivity contribution in [3.63, 3.8) is 0 Å². The van der Waals surface area contributed by atoms with Gasteiger partial charge in [-0.15, -0.1) is 0 Å². The number of benzene rings is 1. The molecule has 0 aliphatic rings. The summed E-state index contributed by atoms with van der Waals surface area (Å²) in [6.07, 6.45) is 5.36. The van der Waals surface area contributed by atoms with E-state index in [0.717, 1.165) is 11.4 Å². The van der Waals surface area contributed by atoms with E-state index in [1.54, 1.807) is 12.2 Å². The molecule has 0 bridgehead atoms. The van der Waals surface area contributed by atoms with Crippen LogP contribution in [0.4, 0.5) is 5.69 Å². The smallest absolute Gasteiger partial charge is 0.0384 e. The molecule has 0 radical (unpaired) electrons. The van der Waals surface area contributed by atoms with E-state index in [9.17, 15) is 0 Å². The zero-order chi connectivity index (χ0) is 11.5. The molecular formula is C14H19N. The fraction of sp³-hybridized carbons (Fsp3) is 0.143. The van der Waals surface area contributed by atoms with Crippen LogP contribution in [0.3, 0.4) is 0 Å². The lowest BCUT2D eigenvalue weighted by Crippen LogP contribution is -1.95. The SMILES string of the molecule is C=C/C=C(\C=C)Nc1ccccc1.CC. The first-order valence-corrected chi connectivity index (χ1v) is 5.14. The molecule has 0 aliphatic carbocycles. The van der Waals surface area contributed by atoms with Crippen molar-refractivity contribution in [1.29, 1.82) is 0 Å². The minimum absolute atomic E-state index is 0.946. The molecule has 0 unspecified atom stereocenters. The number of hydrogen-bond acceptors (Lipinski definition) is 1. The summed E-state index contributed by atoms with van der Waals surface area (Å²) in [6, 6.07) is 9.95. The molecule has 0 amide bonds. The van der Waals surface area contributed by atoms with Crippen molar-refractivity contribution in [2.75, 3.05) is 5.32 Å². The van der Waals surface area contributed by atoms with Crippen LogP contribution in [0.1, 0.15) is 13.8 Å². The summed E-state index contributed by atoms with van der Waals surface area (Å²) in [5.74, 6) is 0. The van der Waals surface area contributed by atoms with Crippen molar-refractivity contribution in [3.8, 4) is 0 Å². The summed E-state index contributed by atoms with van der Waals surface area (Å²) in [6.45, 7) is 11.3. The average molecular weight is 201 g/mol. The highest BCUT2D eigenvalue weighted by Crippen LogP contribution is 2.09. The lowest BCUT2D eigenvalue weighted by atomic mass is 10.3. The summed E-state index contributed by atoms with van der Waals surface area (Å²) in [5, 5.41) is 3.20. The van der Waals surface area contributed by atoms with E-state index in [2.05, 4.69) is 18.5 Å². The summed E-state index contributed by atoms with van der Waals surface area (Å²) < 4.78 is 0. The topological polar surface area (TPSA) is 12.0 Å². The Kier molecular flexibility index (Phi) is 7.79. The van der Waals surface area contributed by atoms with Crippen LogP contribution >= 0.6 is 0 Å². The van der Waals surface area contributed by atoms with Crippen LogP contribution in [0.2, 0.25) is 0 Å². The number of rotatable bonds is 4. The van der Waals surface area contributed by atoms with Crippen molar-refractivity contribution in [2.24, 2.45) is 0 Å². The molecule has 0 heterocycles. The Morgan fingerprint density at radius 2 is 1.73 bits per heavy atom. The number of nitrogens with one attached hydrogen (secondary N) is 1. The second kappa shape index (κ2) is 8.82. The first-order chi connectivity index (χ1) is 7.36. The van der Waals surface area contributed by atoms with Crippen molar-refractivity contribution in [1.82, 2.24) is 0 Å². The van der Waals surface area contributed by atoms with E-state index in [0.29, 0.717) is 0 Å². The zero-order valence-electron chi connectivity index (χ0n) is 9.53. The average Bonchev–Trinajstić information content (AvgIpc) is 2.32. The van der Waals surface area contributed by atoms with Gasteiger partial charge in [-0.1, -0.05) is 51.3 Å². The maximum atomic E-state index is 3.70. The molecular weight excluding hydrogens is 182 g/mol. The molecule has 1 aromatic carbocycles. The fourth-order valence-corrected chi connectivity index (χ4v) is 0.976. The second-order valence-corrected chi connectivity index (χ2v) is 2.55. The molecule has 0 fully saturated rings. The van der Waals surface area contributed by atoms with Gasteiger partial charge in [-0.2, -0.15) is 0 Å². The van der Waals surface area contributed by atoms with Gasteiger partial charge in [-0.25, -0.2) is 0 Å². The third-order valence-corrected chi connectivity index (χ3v) is 1.58. The quantitative estimate of drug-likeness (QED) is 0.713. The second-order valence-electron chi connectivity index (χ2n) is 2.55. The molecule has 0 atom stereocenters. The van der Waals surface area contributed by atoms with Crippen LogP contribution in [0, 0.1) is 0 Å². The van der Waals surface area contributed by atoms with Crippen molar-refractivity contribution in [3.05, 3.63) is 67.4 Å². The maximum Gasteiger partial charge on any atom is 0.0384 e. The van der Waals surface area contributed by atoms with Crippen molar-refractivity contribution in [2.45, 2.75) is 13.8 Å². The first-order valence-electron chi connectivity index (χ1n) is 5.14. The largest absolute Gasteiger partial charge is 0.356 e. The van der Waals surface area contributed by atoms with E-state index >= 15 is 0 Å². The third-order valence-electron chi connectivity index (χ3n) is 1.58. The van der Waals surface area contributed by atoms with E-state index in [4.69, 9.17) is 0 Å². The Bertz CT molecular complexity index is 309. The number of hydrogen-bond donors (Lipinski definition) is 1. The van der Waals surface area contributed by atoms with Crippen LogP contribution in [-0.4, -0.2) is 0 Å². The molecule has 0 aliphatic heterocycles. The minimum Gasteiger partial charge on any atom is -0.356 e. The van der Waals surface area contributed by atoms with E-state index in [1.807, 2.05) is 50.3 Å². The highest BCUT2D eigenvalue weighted by Gasteiger charge is 1.90. The molecule has 0 saturated carbocycles. The Morgan fingerprint density at radius 1 is 1.13 bits per heavy atom. The molecule has 1 N–H and O–H groups in total. The van der Waals surface area contributed by atoms with Crippen molar-refractivity contribution < 1.29 is 0 Å². The highest BCUT2D eigenvalue weighted by molar-refractivity contribution is 5.50. The maximum absolute atomic E-state index is 3.70. The predicted molar refractivity (Wildman–Crippen MR) is 69.9 cm³/mol. The lowest BCUT2D eigenvalue weighted by molar-refractivity contribution is 1.48. The molecule has 15 heavy (non-hydrogen) atoms. The first kappa shape index (κ1) is 13.2. The van der Waals surface area contributed by atoms with E-state index < -0.39 is 0 Å². The Labute approximate surface area is 92.8 Å². The van der Waals surface area contributed by atoms with Gasteiger partial charge in [0.25, 0.3) is 0 Å². The van der Waals surface area contributed by atoms with Crippen molar-refractivity contribution >= 4 is 5.69 Å². The van der Waals surface area contributed by atoms with Crippen LogP contribution in [0.25, 0.3) is 0 Å². The summed E-state index contributed by atoms with van der Waals surface area (Å²) in [4.78, 5) is 0. The van der Waals surface area contributed by atoms with Gasteiger partial charge in [-0.05, 0) is 24.3 Å². The van der Waals surface area contributed by atoms with Gasteiger partial charge in [0.1, 0.15) is 0 Å². The highest BCUT2D eigenvalue weighted by atomic mass is 14.9. The molecule has 1 rings (SSSR count). The van der Waals surface area contributed by atoms with Gasteiger partial charge in [0.2, 0.25) is 0 Å². The minimum atomic E-state index is 0.946. The standard InChI is InChI=1S/C12H13N.C2H6/c1-3-8-11(4-2)13-12-9-6-5-7-10-12;1-2/h3-10,13H,1-2H2;1-2H3/b11-8+;. The van der Waals surface area contributed by atoms with Gasteiger partial charge >= 0.3 is 0 Å². The van der Waals surface area contributed by atoms with Gasteiger partial charge in [0.15, 0.2) is 0 Å². The fourth-order valence-electron chi connectivity index (χ4n) is 0.976. The van der Waals surface area contributed by atoms with E-state index in [-0.39, 0.29) is 0 Å². The van der Waals surface area contributed by atoms with Crippen LogP contribution in [-0.2, 0) is 0 Å². The van der Waals surface area contributed by atoms with Gasteiger partial charge in [0, 0.05) is 11.4 Å². The molecule has 1 heteroatoms. The lowest BCUT2D eigenvalue weighted by Gasteiger charge is -2.05. The monoisotopic (exact) mass is 201 g/mol. The Hall–Kier alpha value is -1.76. The molecule has 0 aromatic heterocycles. The zero-order valence-corrected chi connectivity index (χ0v) is 9.53. The Balaban J connectivity index is 0.000000921. The summed E-state index contributed by atoms with van der Waals surface area (Å²) in [7, 11) is 0. The molecule has 1 aromatic rings. The molecule has 0 spiro atoms. The molecule has 1 nitrogen and oxygen atoms in total. The predicted octanol–water partition coefficient (Wildman–Crippen LogP) is 4.38. The molecule has 0 saturated heterocycles. The number of anilines is 1. The van der Waals surface area contributed by atoms with Crippen LogP contribution < -0.4 is 5.32 Å².